The number of carbonyl (C=O) groups excluding carboxylic acids is 1. The molecule has 0 saturated carbocycles. The smallest absolute Gasteiger partial charge is 0.265 e. The number of amides is 1. The third kappa shape index (κ3) is 3.98. The van der Waals surface area contributed by atoms with Gasteiger partial charge in [0.15, 0.2) is 0 Å². The van der Waals surface area contributed by atoms with Crippen LogP contribution in [0.15, 0.2) is 30.3 Å². The van der Waals surface area contributed by atoms with Gasteiger partial charge in [0.05, 0.1) is 10.7 Å². The molecule has 23 heavy (non-hydrogen) atoms. The zero-order valence-corrected chi connectivity index (χ0v) is 14.6. The van der Waals surface area contributed by atoms with Crippen molar-refractivity contribution in [1.82, 2.24) is 14.8 Å². The van der Waals surface area contributed by atoms with E-state index in [0.717, 1.165) is 54.6 Å². The Morgan fingerprint density at radius 1 is 1.13 bits per heavy atom. The first-order valence-corrected chi connectivity index (χ1v) is 8.93. The fourth-order valence-corrected chi connectivity index (χ4v) is 3.84. The van der Waals surface area contributed by atoms with E-state index in [2.05, 4.69) is 41.2 Å². The number of nitrogens with zero attached hydrogens (tertiary/aromatic N) is 3. The third-order valence-electron chi connectivity index (χ3n) is 4.30. The highest BCUT2D eigenvalue weighted by Gasteiger charge is 2.24. The summed E-state index contributed by atoms with van der Waals surface area (Å²) in [4.78, 5) is 22.3. The van der Waals surface area contributed by atoms with Gasteiger partial charge in [0.2, 0.25) is 0 Å². The zero-order chi connectivity index (χ0) is 16.2. The Hall–Kier alpha value is -1.72. The second-order valence-electron chi connectivity index (χ2n) is 6.10. The zero-order valence-electron chi connectivity index (χ0n) is 13.8. The molecular formula is C18H23N3OS. The molecule has 122 valence electrons. The number of rotatable bonds is 4. The van der Waals surface area contributed by atoms with Crippen molar-refractivity contribution in [2.45, 2.75) is 19.8 Å². The predicted octanol–water partition coefficient (Wildman–Crippen LogP) is 2.62. The van der Waals surface area contributed by atoms with Crippen LogP contribution in [0.25, 0.3) is 0 Å². The van der Waals surface area contributed by atoms with E-state index in [1.807, 2.05) is 17.9 Å². The van der Waals surface area contributed by atoms with Crippen LogP contribution in [0.2, 0.25) is 0 Å². The summed E-state index contributed by atoms with van der Waals surface area (Å²) in [6.07, 6.45) is 1.86. The van der Waals surface area contributed by atoms with E-state index >= 15 is 0 Å². The fourth-order valence-electron chi connectivity index (χ4n) is 2.81. The molecular weight excluding hydrogens is 306 g/mol. The summed E-state index contributed by atoms with van der Waals surface area (Å²) in [7, 11) is 2.10. The van der Waals surface area contributed by atoms with Gasteiger partial charge in [0.25, 0.3) is 5.91 Å². The molecule has 0 atom stereocenters. The Morgan fingerprint density at radius 2 is 1.83 bits per heavy atom. The maximum Gasteiger partial charge on any atom is 0.265 e. The lowest BCUT2D eigenvalue weighted by molar-refractivity contribution is 0.0668. The predicted molar refractivity (Wildman–Crippen MR) is 94.1 cm³/mol. The molecule has 0 spiro atoms. The van der Waals surface area contributed by atoms with Gasteiger partial charge in [0.1, 0.15) is 4.88 Å². The highest BCUT2D eigenvalue weighted by atomic mass is 32.1. The Balaban J connectivity index is 1.64. The van der Waals surface area contributed by atoms with Crippen LogP contribution in [-0.2, 0) is 12.8 Å². The molecule has 4 nitrogen and oxygen atoms in total. The van der Waals surface area contributed by atoms with E-state index in [-0.39, 0.29) is 5.91 Å². The Bertz CT molecular complexity index is 660. The van der Waals surface area contributed by atoms with Crippen molar-refractivity contribution in [3.63, 3.8) is 0 Å². The summed E-state index contributed by atoms with van der Waals surface area (Å²) in [5.41, 5.74) is 2.19. The van der Waals surface area contributed by atoms with Crippen molar-refractivity contribution in [3.05, 3.63) is 51.5 Å². The van der Waals surface area contributed by atoms with Gasteiger partial charge < -0.3 is 9.80 Å². The van der Waals surface area contributed by atoms with E-state index in [9.17, 15) is 4.79 Å². The maximum absolute atomic E-state index is 12.7. The summed E-state index contributed by atoms with van der Waals surface area (Å²) in [6.45, 7) is 5.47. The van der Waals surface area contributed by atoms with Crippen molar-refractivity contribution in [2.24, 2.45) is 0 Å². The number of carbonyl (C=O) groups is 1. The summed E-state index contributed by atoms with van der Waals surface area (Å²) >= 11 is 1.57. The average molecular weight is 329 g/mol. The molecule has 0 aliphatic carbocycles. The van der Waals surface area contributed by atoms with E-state index in [0.29, 0.717) is 0 Å². The van der Waals surface area contributed by atoms with Crippen LogP contribution in [0.5, 0.6) is 0 Å². The molecule has 1 aromatic heterocycles. The molecule has 1 aliphatic rings. The molecule has 3 rings (SSSR count). The third-order valence-corrected chi connectivity index (χ3v) is 5.50. The molecule has 1 amide bonds. The SMILES string of the molecule is Cc1nc(CCc2ccccc2)sc1C(=O)N1CCN(C)CC1. The molecule has 1 saturated heterocycles. The standard InChI is InChI=1S/C18H23N3OS/c1-14-17(18(22)21-12-10-20(2)11-13-21)23-16(19-14)9-8-15-6-4-3-5-7-15/h3-7H,8-13H2,1-2H3. The number of aryl methyl sites for hydroxylation is 3. The summed E-state index contributed by atoms with van der Waals surface area (Å²) in [6, 6.07) is 10.4. The largest absolute Gasteiger partial charge is 0.335 e. The number of aromatic nitrogens is 1. The fraction of sp³-hybridized carbons (Fsp3) is 0.444. The van der Waals surface area contributed by atoms with Crippen LogP contribution in [0, 0.1) is 6.92 Å². The molecule has 1 aliphatic heterocycles. The molecule has 2 heterocycles. The summed E-state index contributed by atoms with van der Waals surface area (Å²) in [5, 5.41) is 1.06. The van der Waals surface area contributed by atoms with Gasteiger partial charge in [-0.05, 0) is 26.0 Å². The van der Waals surface area contributed by atoms with Gasteiger partial charge in [-0.25, -0.2) is 4.98 Å². The Morgan fingerprint density at radius 3 is 2.52 bits per heavy atom. The maximum atomic E-state index is 12.7. The van der Waals surface area contributed by atoms with Gasteiger partial charge >= 0.3 is 0 Å². The van der Waals surface area contributed by atoms with Crippen molar-refractivity contribution < 1.29 is 4.79 Å². The second-order valence-corrected chi connectivity index (χ2v) is 7.19. The highest BCUT2D eigenvalue weighted by molar-refractivity contribution is 7.13. The molecule has 1 fully saturated rings. The van der Waals surface area contributed by atoms with E-state index in [1.54, 1.807) is 11.3 Å². The normalized spacial score (nSPS) is 15.8. The monoisotopic (exact) mass is 329 g/mol. The lowest BCUT2D eigenvalue weighted by atomic mass is 10.1. The Labute approximate surface area is 141 Å². The molecule has 0 bridgehead atoms. The molecule has 0 N–H and O–H groups in total. The van der Waals surface area contributed by atoms with Gasteiger partial charge in [-0.2, -0.15) is 0 Å². The van der Waals surface area contributed by atoms with Crippen molar-refractivity contribution in [3.8, 4) is 0 Å². The summed E-state index contributed by atoms with van der Waals surface area (Å²) < 4.78 is 0. The number of benzene rings is 1. The van der Waals surface area contributed by atoms with Crippen LogP contribution >= 0.6 is 11.3 Å². The first-order chi connectivity index (χ1) is 11.1. The number of thiazole rings is 1. The first-order valence-electron chi connectivity index (χ1n) is 8.11. The first kappa shape index (κ1) is 16.1. The molecule has 5 heteroatoms. The molecule has 0 radical (unpaired) electrons. The van der Waals surface area contributed by atoms with Gasteiger partial charge in [0, 0.05) is 32.6 Å². The number of likely N-dealkylation sites (N-methyl/N-ethyl adjacent to an activating group) is 1. The quantitative estimate of drug-likeness (QED) is 0.865. The van der Waals surface area contributed by atoms with Gasteiger partial charge in [-0.1, -0.05) is 30.3 Å². The van der Waals surface area contributed by atoms with Crippen LogP contribution in [0.3, 0.4) is 0 Å². The van der Waals surface area contributed by atoms with Crippen LogP contribution in [0.1, 0.15) is 25.9 Å². The van der Waals surface area contributed by atoms with Gasteiger partial charge in [-0.3, -0.25) is 4.79 Å². The topological polar surface area (TPSA) is 36.4 Å². The Kier molecular flexibility index (Phi) is 5.08. The van der Waals surface area contributed by atoms with Crippen LogP contribution in [0.4, 0.5) is 0 Å². The minimum absolute atomic E-state index is 0.152. The average Bonchev–Trinajstić information content (AvgIpc) is 2.95. The van der Waals surface area contributed by atoms with Crippen LogP contribution < -0.4 is 0 Å². The van der Waals surface area contributed by atoms with E-state index < -0.39 is 0 Å². The van der Waals surface area contributed by atoms with E-state index in [1.165, 1.54) is 5.56 Å². The lowest BCUT2D eigenvalue weighted by Gasteiger charge is -2.32. The van der Waals surface area contributed by atoms with Crippen molar-refractivity contribution >= 4 is 17.2 Å². The van der Waals surface area contributed by atoms with Crippen molar-refractivity contribution in [2.75, 3.05) is 33.2 Å². The number of hydrogen-bond acceptors (Lipinski definition) is 4. The number of hydrogen-bond donors (Lipinski definition) is 0. The minimum atomic E-state index is 0.152. The highest BCUT2D eigenvalue weighted by Crippen LogP contribution is 2.22. The lowest BCUT2D eigenvalue weighted by Crippen LogP contribution is -2.47. The van der Waals surface area contributed by atoms with E-state index in [4.69, 9.17) is 0 Å². The molecule has 1 aromatic carbocycles. The van der Waals surface area contributed by atoms with Crippen LogP contribution in [-0.4, -0.2) is 53.9 Å². The molecule has 0 unspecified atom stereocenters. The molecule has 2 aromatic rings. The second kappa shape index (κ2) is 7.23. The minimum Gasteiger partial charge on any atom is -0.335 e. The number of piperazine rings is 1. The summed E-state index contributed by atoms with van der Waals surface area (Å²) in [5.74, 6) is 0.152. The van der Waals surface area contributed by atoms with Crippen molar-refractivity contribution in [1.29, 1.82) is 0 Å². The van der Waals surface area contributed by atoms with Gasteiger partial charge in [-0.15, -0.1) is 11.3 Å².